The first-order valence-corrected chi connectivity index (χ1v) is 7.01. The molecule has 1 aliphatic rings. The molecule has 0 radical (unpaired) electrons. The van der Waals surface area contributed by atoms with E-state index in [1.807, 2.05) is 0 Å². The number of phenolic OH excluding ortho intramolecular Hbond substituents is 1. The van der Waals surface area contributed by atoms with Crippen molar-refractivity contribution < 1.29 is 18.7 Å². The highest BCUT2D eigenvalue weighted by atomic mass is 35.5. The largest absolute Gasteiger partial charge is 0.508 e. The quantitative estimate of drug-likeness (QED) is 0.876. The maximum Gasteiger partial charge on any atom is 0.161 e. The Morgan fingerprint density at radius 2 is 1.81 bits per heavy atom. The van der Waals surface area contributed by atoms with Crippen LogP contribution in [0.25, 0.3) is 0 Å². The van der Waals surface area contributed by atoms with Crippen molar-refractivity contribution >= 4 is 29.0 Å². The van der Waals surface area contributed by atoms with Gasteiger partial charge in [-0.05, 0) is 25.3 Å². The Morgan fingerprint density at radius 3 is 2.29 bits per heavy atom. The lowest BCUT2D eigenvalue weighted by Crippen LogP contribution is -2.06. The topological polar surface area (TPSA) is 37.3 Å². The van der Waals surface area contributed by atoms with E-state index in [1.54, 1.807) is 6.92 Å². The van der Waals surface area contributed by atoms with Crippen molar-refractivity contribution in [1.29, 1.82) is 0 Å². The molecule has 1 aliphatic carbocycles. The minimum absolute atomic E-state index is 0.0817. The highest BCUT2D eigenvalue weighted by Gasteiger charge is 2.24. The number of aromatic hydroxyl groups is 1. The van der Waals surface area contributed by atoms with Gasteiger partial charge in [0.05, 0.1) is 10.1 Å². The summed E-state index contributed by atoms with van der Waals surface area (Å²) in [6.45, 7) is 1.77. The molecule has 0 bridgehead atoms. The Bertz CT molecular complexity index is 655. The summed E-state index contributed by atoms with van der Waals surface area (Å²) in [5.74, 6) is -2.53. The number of ketones is 1. The van der Waals surface area contributed by atoms with Gasteiger partial charge in [0.1, 0.15) is 17.4 Å². The Morgan fingerprint density at radius 1 is 1.24 bits per heavy atom. The Labute approximate surface area is 130 Å². The molecule has 0 aliphatic heterocycles. The van der Waals surface area contributed by atoms with Crippen molar-refractivity contribution in [3.8, 4) is 5.75 Å². The van der Waals surface area contributed by atoms with E-state index in [-0.39, 0.29) is 29.2 Å². The zero-order valence-electron chi connectivity index (χ0n) is 11.1. The predicted molar refractivity (Wildman–Crippen MR) is 77.4 cm³/mol. The van der Waals surface area contributed by atoms with Crippen LogP contribution >= 0.6 is 23.2 Å². The van der Waals surface area contributed by atoms with Gasteiger partial charge in [0.25, 0.3) is 0 Å². The van der Waals surface area contributed by atoms with Gasteiger partial charge in [-0.3, -0.25) is 4.79 Å². The Kier molecular flexibility index (Phi) is 4.69. The van der Waals surface area contributed by atoms with Crippen LogP contribution in [0.2, 0.25) is 0 Å². The monoisotopic (exact) mass is 332 g/mol. The summed E-state index contributed by atoms with van der Waals surface area (Å²) in [5.41, 5.74) is 0.942. The molecule has 1 aromatic carbocycles. The molecule has 0 spiro atoms. The van der Waals surface area contributed by atoms with Crippen molar-refractivity contribution in [3.63, 3.8) is 0 Å². The fourth-order valence-electron chi connectivity index (χ4n) is 2.18. The molecule has 0 amide bonds. The average molecular weight is 333 g/mol. The van der Waals surface area contributed by atoms with E-state index < -0.39 is 17.4 Å². The first-order chi connectivity index (χ1) is 9.81. The van der Waals surface area contributed by atoms with Crippen LogP contribution in [0, 0.1) is 11.6 Å². The highest BCUT2D eigenvalue weighted by Crippen LogP contribution is 2.38. The molecule has 0 aromatic heterocycles. The number of carbonyl (C=O) groups is 1. The number of rotatable bonds is 4. The number of allylic oxidation sites excluding steroid dienone is 4. The van der Waals surface area contributed by atoms with Crippen molar-refractivity contribution in [2.75, 3.05) is 0 Å². The van der Waals surface area contributed by atoms with E-state index in [4.69, 9.17) is 28.3 Å². The van der Waals surface area contributed by atoms with E-state index >= 15 is 0 Å². The molecule has 0 saturated carbocycles. The van der Waals surface area contributed by atoms with E-state index in [2.05, 4.69) is 0 Å². The first-order valence-electron chi connectivity index (χ1n) is 6.25. The summed E-state index contributed by atoms with van der Waals surface area (Å²) in [6.07, 6.45) is 0.166. The van der Waals surface area contributed by atoms with Gasteiger partial charge in [0.2, 0.25) is 0 Å². The lowest BCUT2D eigenvalue weighted by molar-refractivity contribution is -0.115. The van der Waals surface area contributed by atoms with Crippen LogP contribution < -0.4 is 0 Å². The third-order valence-electron chi connectivity index (χ3n) is 3.34. The SMILES string of the molecule is CC1=C(Cl)C(Cl)=C(C(=O)CCc2c(F)cc(O)cc2F)C1. The molecule has 112 valence electrons. The maximum atomic E-state index is 13.6. The molecule has 21 heavy (non-hydrogen) atoms. The van der Waals surface area contributed by atoms with Crippen LogP contribution in [0.5, 0.6) is 5.75 Å². The van der Waals surface area contributed by atoms with Crippen molar-refractivity contribution in [2.45, 2.75) is 26.2 Å². The van der Waals surface area contributed by atoms with E-state index in [0.29, 0.717) is 17.0 Å². The number of phenols is 1. The standard InChI is InChI=1S/C15H12Cl2F2O2/c1-7-4-10(15(17)14(7)16)13(21)3-2-9-11(18)5-8(20)6-12(9)19/h5-6,20H,2-4H2,1H3. The van der Waals surface area contributed by atoms with Crippen LogP contribution in [0.4, 0.5) is 8.78 Å². The van der Waals surface area contributed by atoms with Crippen LogP contribution in [-0.2, 0) is 11.2 Å². The number of hydrogen-bond acceptors (Lipinski definition) is 2. The molecule has 0 fully saturated rings. The summed E-state index contributed by atoms with van der Waals surface area (Å²) in [4.78, 5) is 12.1. The minimum atomic E-state index is -0.876. The van der Waals surface area contributed by atoms with Crippen molar-refractivity contribution in [3.05, 3.63) is 50.5 Å². The fourth-order valence-corrected chi connectivity index (χ4v) is 2.69. The fraction of sp³-hybridized carbons (Fsp3) is 0.267. The number of hydrogen-bond donors (Lipinski definition) is 1. The van der Waals surface area contributed by atoms with E-state index in [1.165, 1.54) is 0 Å². The molecule has 0 saturated heterocycles. The second kappa shape index (κ2) is 6.16. The van der Waals surface area contributed by atoms with Gasteiger partial charge in [0.15, 0.2) is 5.78 Å². The molecule has 6 heteroatoms. The van der Waals surface area contributed by atoms with Crippen LogP contribution in [0.15, 0.2) is 33.3 Å². The summed E-state index contributed by atoms with van der Waals surface area (Å²) < 4.78 is 27.1. The van der Waals surface area contributed by atoms with E-state index in [9.17, 15) is 13.6 Å². The molecular weight excluding hydrogens is 321 g/mol. The zero-order chi connectivity index (χ0) is 15.7. The molecule has 2 rings (SSSR count). The van der Waals surface area contributed by atoms with Gasteiger partial charge in [-0.15, -0.1) is 0 Å². The summed E-state index contributed by atoms with van der Waals surface area (Å²) in [5, 5.41) is 9.65. The van der Waals surface area contributed by atoms with Gasteiger partial charge >= 0.3 is 0 Å². The summed E-state index contributed by atoms with van der Waals surface area (Å²) in [7, 11) is 0. The highest BCUT2D eigenvalue weighted by molar-refractivity contribution is 6.46. The zero-order valence-corrected chi connectivity index (χ0v) is 12.7. The molecule has 0 heterocycles. The number of benzene rings is 1. The average Bonchev–Trinajstić information content (AvgIpc) is 2.65. The molecule has 0 unspecified atom stereocenters. The van der Waals surface area contributed by atoms with Crippen LogP contribution in [-0.4, -0.2) is 10.9 Å². The van der Waals surface area contributed by atoms with Gasteiger partial charge in [-0.1, -0.05) is 23.2 Å². The second-order valence-corrected chi connectivity index (χ2v) is 5.63. The second-order valence-electron chi connectivity index (χ2n) is 4.87. The smallest absolute Gasteiger partial charge is 0.161 e. The molecule has 1 N–H and O–H groups in total. The molecule has 1 aromatic rings. The summed E-state index contributed by atoms with van der Waals surface area (Å²) >= 11 is 11.9. The van der Waals surface area contributed by atoms with Gasteiger partial charge in [-0.2, -0.15) is 0 Å². The Balaban J connectivity index is 2.10. The van der Waals surface area contributed by atoms with E-state index in [0.717, 1.165) is 17.7 Å². The third kappa shape index (κ3) is 3.27. The first kappa shape index (κ1) is 16.0. The van der Waals surface area contributed by atoms with Gasteiger partial charge in [0, 0.05) is 29.7 Å². The summed E-state index contributed by atoms with van der Waals surface area (Å²) in [6, 6.07) is 1.63. The third-order valence-corrected chi connectivity index (χ3v) is 4.36. The molecular formula is C15H12Cl2F2O2. The van der Waals surface area contributed by atoms with Crippen LogP contribution in [0.1, 0.15) is 25.3 Å². The van der Waals surface area contributed by atoms with Crippen LogP contribution in [0.3, 0.4) is 0 Å². The number of carbonyl (C=O) groups excluding carboxylic acids is 1. The normalized spacial score (nSPS) is 15.1. The number of halogens is 4. The predicted octanol–water partition coefficient (Wildman–Crippen LogP) is 4.58. The molecule has 0 atom stereocenters. The van der Waals surface area contributed by atoms with Gasteiger partial charge < -0.3 is 5.11 Å². The minimum Gasteiger partial charge on any atom is -0.508 e. The van der Waals surface area contributed by atoms with Crippen molar-refractivity contribution in [1.82, 2.24) is 0 Å². The lowest BCUT2D eigenvalue weighted by Gasteiger charge is -2.06. The van der Waals surface area contributed by atoms with Gasteiger partial charge in [-0.25, -0.2) is 8.78 Å². The maximum absolute atomic E-state index is 13.6. The Hall–Kier alpha value is -1.39. The number of Topliss-reactive ketones (excluding diaryl/α,β-unsaturated/α-hetero) is 1. The van der Waals surface area contributed by atoms with Crippen molar-refractivity contribution in [2.24, 2.45) is 0 Å². The lowest BCUT2D eigenvalue weighted by atomic mass is 10.0. The molecule has 2 nitrogen and oxygen atoms in total.